The molecule has 1 aromatic carbocycles. The van der Waals surface area contributed by atoms with Crippen LogP contribution in [0.4, 0.5) is 4.39 Å². The van der Waals surface area contributed by atoms with E-state index in [1.807, 2.05) is 13.0 Å². The van der Waals surface area contributed by atoms with Crippen molar-refractivity contribution >= 4 is 50.0 Å². The number of nitrogens with zero attached hydrogens (tertiary/aromatic N) is 3. The topological polar surface area (TPSA) is 84.7 Å². The van der Waals surface area contributed by atoms with Crippen LogP contribution in [0.25, 0.3) is 32.5 Å². The number of nitrogens with two attached hydrogens (primary N) is 1. The smallest absolute Gasteiger partial charge is 0.203 e. The molecule has 0 spiro atoms. The second kappa shape index (κ2) is 7.99. The van der Waals surface area contributed by atoms with Crippen molar-refractivity contribution in [2.75, 3.05) is 12.8 Å². The number of fused-ring (bicyclic) bond motifs is 1. The Balaban J connectivity index is 1.62. The first kappa shape index (κ1) is 21.1. The molecule has 0 amide bonds. The number of thiophene rings is 1. The van der Waals surface area contributed by atoms with Gasteiger partial charge in [-0.15, -0.1) is 11.3 Å². The minimum Gasteiger partial charge on any atom is -0.472 e. The minimum absolute atomic E-state index is 0.197. The molecule has 2 unspecified atom stereocenters. The van der Waals surface area contributed by atoms with Gasteiger partial charge >= 0.3 is 0 Å². The fraction of sp³-hybridized carbons (Fsp3) is 0.182. The predicted molar refractivity (Wildman–Crippen MR) is 128 cm³/mol. The first-order valence-electron chi connectivity index (χ1n) is 9.70. The van der Waals surface area contributed by atoms with Crippen molar-refractivity contribution in [2.45, 2.75) is 13.0 Å². The Hall–Kier alpha value is -2.75. The number of guanidine groups is 1. The number of halogens is 2. The average molecular weight is 489 g/mol. The van der Waals surface area contributed by atoms with E-state index in [0.717, 1.165) is 31.7 Å². The molecule has 0 saturated carbocycles. The lowest BCUT2D eigenvalue weighted by Crippen LogP contribution is -2.41. The molecule has 32 heavy (non-hydrogen) atoms. The first-order chi connectivity index (χ1) is 15.3. The number of pyridine rings is 1. The van der Waals surface area contributed by atoms with Crippen molar-refractivity contribution in [3.05, 3.63) is 64.3 Å². The largest absolute Gasteiger partial charge is 0.472 e. The SMILES string of the molecule is Cc1cocc1-c1ccc(-c2nccc3c(Cl)c(C4CS(=O)N(C)C(N)=N4)sc23)c(F)c1. The highest BCUT2D eigenvalue weighted by molar-refractivity contribution is 7.83. The van der Waals surface area contributed by atoms with Gasteiger partial charge in [-0.1, -0.05) is 17.7 Å². The van der Waals surface area contributed by atoms with Gasteiger partial charge in [0.05, 0.1) is 38.6 Å². The third-order valence-corrected chi connectivity index (χ3v) is 8.71. The zero-order valence-corrected chi connectivity index (χ0v) is 19.5. The molecular formula is C22H18ClFN4O2S2. The van der Waals surface area contributed by atoms with Crippen LogP contribution >= 0.6 is 22.9 Å². The van der Waals surface area contributed by atoms with Crippen molar-refractivity contribution in [3.8, 4) is 22.4 Å². The third-order valence-electron chi connectivity index (χ3n) is 5.48. The van der Waals surface area contributed by atoms with Gasteiger partial charge in [-0.2, -0.15) is 0 Å². The summed E-state index contributed by atoms with van der Waals surface area (Å²) in [5.41, 5.74) is 9.30. The van der Waals surface area contributed by atoms with Crippen LogP contribution < -0.4 is 5.73 Å². The van der Waals surface area contributed by atoms with Crippen LogP contribution in [0.1, 0.15) is 16.5 Å². The highest BCUT2D eigenvalue weighted by atomic mass is 35.5. The van der Waals surface area contributed by atoms with E-state index in [9.17, 15) is 4.21 Å². The molecule has 2 atom stereocenters. The van der Waals surface area contributed by atoms with Crippen LogP contribution in [0.5, 0.6) is 0 Å². The molecule has 0 fully saturated rings. The fourth-order valence-corrected chi connectivity index (χ4v) is 6.50. The van der Waals surface area contributed by atoms with Crippen molar-refractivity contribution in [1.82, 2.24) is 9.29 Å². The molecule has 164 valence electrons. The van der Waals surface area contributed by atoms with Gasteiger partial charge in [-0.25, -0.2) is 13.6 Å². The van der Waals surface area contributed by atoms with Gasteiger partial charge in [-0.3, -0.25) is 9.29 Å². The lowest BCUT2D eigenvalue weighted by Gasteiger charge is -2.25. The molecule has 0 bridgehead atoms. The number of aryl methyl sites for hydroxylation is 1. The summed E-state index contributed by atoms with van der Waals surface area (Å²) in [7, 11) is 0.338. The van der Waals surface area contributed by atoms with Crippen LogP contribution in [0.3, 0.4) is 0 Å². The molecule has 3 aromatic heterocycles. The number of hydrogen-bond donors (Lipinski definition) is 1. The number of benzene rings is 1. The lowest BCUT2D eigenvalue weighted by molar-refractivity contribution is 0.566. The van der Waals surface area contributed by atoms with Crippen LogP contribution in [0.15, 0.2) is 52.4 Å². The van der Waals surface area contributed by atoms with Gasteiger partial charge in [0.25, 0.3) is 0 Å². The van der Waals surface area contributed by atoms with Gasteiger partial charge in [0, 0.05) is 29.8 Å². The maximum Gasteiger partial charge on any atom is 0.203 e. The fourth-order valence-electron chi connectivity index (χ4n) is 3.71. The number of aromatic nitrogens is 1. The average Bonchev–Trinajstić information content (AvgIpc) is 3.35. The molecular weight excluding hydrogens is 471 g/mol. The Bertz CT molecular complexity index is 1410. The van der Waals surface area contributed by atoms with Crippen LogP contribution in [-0.2, 0) is 11.0 Å². The standard InChI is InChI=1S/C22H18ClFN4O2S2/c1-11-8-30-9-15(11)12-3-4-13(16(24)7-12)19-20-14(5-6-26-19)18(23)21(31-20)17-10-32(29)28(2)22(25)27-17/h3-9,17H,10H2,1-2H3,(H2,25,27). The van der Waals surface area contributed by atoms with Gasteiger partial charge in [-0.05, 0) is 36.2 Å². The molecule has 2 N–H and O–H groups in total. The summed E-state index contributed by atoms with van der Waals surface area (Å²) in [5, 5.41) is 1.26. The summed E-state index contributed by atoms with van der Waals surface area (Å²) in [5.74, 6) is 0.0825. The van der Waals surface area contributed by atoms with Crippen molar-refractivity contribution in [3.63, 3.8) is 0 Å². The molecule has 5 rings (SSSR count). The van der Waals surface area contributed by atoms with Gasteiger partial charge in [0.2, 0.25) is 5.96 Å². The Kier molecular flexibility index (Phi) is 5.27. The van der Waals surface area contributed by atoms with E-state index in [2.05, 4.69) is 9.98 Å². The minimum atomic E-state index is -1.30. The normalized spacial score (nSPS) is 18.9. The molecule has 10 heteroatoms. The Morgan fingerprint density at radius 3 is 2.81 bits per heavy atom. The lowest BCUT2D eigenvalue weighted by atomic mass is 10.0. The summed E-state index contributed by atoms with van der Waals surface area (Å²) in [6.45, 7) is 1.91. The number of hydrogen-bond acceptors (Lipinski definition) is 6. The van der Waals surface area contributed by atoms with Crippen molar-refractivity contribution in [1.29, 1.82) is 0 Å². The number of furan rings is 1. The zero-order valence-electron chi connectivity index (χ0n) is 17.1. The monoisotopic (exact) mass is 488 g/mol. The Labute approximate surface area is 195 Å². The summed E-state index contributed by atoms with van der Waals surface area (Å²) in [6, 6.07) is 6.40. The molecule has 4 heterocycles. The van der Waals surface area contributed by atoms with Gasteiger partial charge < -0.3 is 10.2 Å². The summed E-state index contributed by atoms with van der Waals surface area (Å²) in [4.78, 5) is 9.65. The molecule has 6 nitrogen and oxygen atoms in total. The maximum absolute atomic E-state index is 15.2. The van der Waals surface area contributed by atoms with Crippen LogP contribution in [0.2, 0.25) is 5.02 Å². The van der Waals surface area contributed by atoms with E-state index >= 15 is 4.39 Å². The quantitative estimate of drug-likeness (QED) is 0.424. The second-order valence-electron chi connectivity index (χ2n) is 7.47. The molecule has 0 aliphatic carbocycles. The summed E-state index contributed by atoms with van der Waals surface area (Å²) in [6.07, 6.45) is 4.84. The highest BCUT2D eigenvalue weighted by Gasteiger charge is 2.29. The van der Waals surface area contributed by atoms with E-state index in [0.29, 0.717) is 16.3 Å². The van der Waals surface area contributed by atoms with E-state index in [1.165, 1.54) is 21.7 Å². The molecule has 0 radical (unpaired) electrons. The Morgan fingerprint density at radius 1 is 1.31 bits per heavy atom. The maximum atomic E-state index is 15.2. The summed E-state index contributed by atoms with van der Waals surface area (Å²) < 4.78 is 35.0. The molecule has 4 aromatic rings. The van der Waals surface area contributed by atoms with E-state index < -0.39 is 22.8 Å². The van der Waals surface area contributed by atoms with Gasteiger partial charge in [0.1, 0.15) is 22.8 Å². The second-order valence-corrected chi connectivity index (χ2v) is 10.4. The van der Waals surface area contributed by atoms with Crippen molar-refractivity contribution in [2.24, 2.45) is 10.7 Å². The van der Waals surface area contributed by atoms with Crippen LogP contribution in [-0.4, -0.2) is 32.3 Å². The van der Waals surface area contributed by atoms with Crippen LogP contribution in [0, 0.1) is 12.7 Å². The number of aliphatic imine (C=N–C) groups is 1. The van der Waals surface area contributed by atoms with E-state index in [1.54, 1.807) is 37.9 Å². The van der Waals surface area contributed by atoms with Crippen molar-refractivity contribution < 1.29 is 13.0 Å². The van der Waals surface area contributed by atoms with E-state index in [4.69, 9.17) is 21.8 Å². The Morgan fingerprint density at radius 2 is 2.12 bits per heavy atom. The molecule has 1 aliphatic rings. The predicted octanol–water partition coefficient (Wildman–Crippen LogP) is 5.29. The summed E-state index contributed by atoms with van der Waals surface area (Å²) >= 11 is 8.07. The van der Waals surface area contributed by atoms with E-state index in [-0.39, 0.29) is 11.7 Å². The first-order valence-corrected chi connectivity index (χ1v) is 12.2. The number of rotatable bonds is 3. The highest BCUT2D eigenvalue weighted by Crippen LogP contribution is 2.45. The molecule has 0 saturated heterocycles. The zero-order chi connectivity index (χ0) is 22.6. The van der Waals surface area contributed by atoms with Gasteiger partial charge in [0.15, 0.2) is 0 Å². The third kappa shape index (κ3) is 3.41. The molecule has 1 aliphatic heterocycles.